The van der Waals surface area contributed by atoms with E-state index in [0.29, 0.717) is 39.4 Å². The molecule has 1 aromatic heterocycles. The lowest BCUT2D eigenvalue weighted by molar-refractivity contribution is 0.195. The van der Waals surface area contributed by atoms with E-state index in [1.807, 2.05) is 78.9 Å². The molecule has 62 heavy (non-hydrogen) atoms. The molecule has 1 heterocycles. The second kappa shape index (κ2) is 14.9. The molecular formula is C57H43N5. The third-order valence-corrected chi connectivity index (χ3v) is 14.4. The first kappa shape index (κ1) is 37.5. The lowest BCUT2D eigenvalue weighted by atomic mass is 9.72. The zero-order valence-electron chi connectivity index (χ0n) is 34.6. The molecule has 8 aromatic rings. The van der Waals surface area contributed by atoms with Crippen LogP contribution in [0.1, 0.15) is 55.7 Å². The topological polar surface area (TPSA) is 86.2 Å². The summed E-state index contributed by atoms with van der Waals surface area (Å²) < 4.78 is 0. The van der Waals surface area contributed by atoms with Crippen LogP contribution in [-0.2, 0) is 5.41 Å². The molecule has 3 fully saturated rings. The zero-order chi connectivity index (χ0) is 41.8. The highest BCUT2D eigenvalue weighted by Crippen LogP contribution is 2.72. The summed E-state index contributed by atoms with van der Waals surface area (Å²) in [5, 5.41) is 19.0. The van der Waals surface area contributed by atoms with Gasteiger partial charge in [-0.25, -0.2) is 15.0 Å². The lowest BCUT2D eigenvalue weighted by Gasteiger charge is -2.33. The van der Waals surface area contributed by atoms with Gasteiger partial charge >= 0.3 is 0 Å². The molecule has 0 N–H and O–H groups in total. The van der Waals surface area contributed by atoms with Crippen molar-refractivity contribution >= 4 is 0 Å². The first-order valence-electron chi connectivity index (χ1n) is 21.7. The van der Waals surface area contributed by atoms with Gasteiger partial charge in [0.05, 0.1) is 23.3 Å². The van der Waals surface area contributed by atoms with E-state index in [-0.39, 0.29) is 0 Å². The van der Waals surface area contributed by atoms with E-state index in [0.717, 1.165) is 67.5 Å². The molecule has 2 bridgehead atoms. The summed E-state index contributed by atoms with van der Waals surface area (Å²) in [6, 6.07) is 62.9. The van der Waals surface area contributed by atoms with Crippen molar-refractivity contribution in [2.24, 2.45) is 17.3 Å². The van der Waals surface area contributed by atoms with Crippen LogP contribution >= 0.6 is 0 Å². The lowest BCUT2D eigenvalue weighted by Crippen LogP contribution is -2.26. The van der Waals surface area contributed by atoms with Gasteiger partial charge < -0.3 is 0 Å². The van der Waals surface area contributed by atoms with Crippen LogP contribution < -0.4 is 0 Å². The number of aromatic nitrogens is 3. The Kier molecular flexibility index (Phi) is 9.02. The molecule has 0 amide bonds. The van der Waals surface area contributed by atoms with Crippen molar-refractivity contribution < 1.29 is 0 Å². The molecule has 4 atom stereocenters. The van der Waals surface area contributed by atoms with Crippen LogP contribution in [0.25, 0.3) is 78.7 Å². The third kappa shape index (κ3) is 6.59. The highest BCUT2D eigenvalue weighted by Gasteiger charge is 2.65. The van der Waals surface area contributed by atoms with Crippen molar-refractivity contribution in [2.75, 3.05) is 0 Å². The Morgan fingerprint density at radius 2 is 0.855 bits per heavy atom. The Bertz CT molecular complexity index is 3090. The number of rotatable bonds is 8. The number of hydrogen-bond donors (Lipinski definition) is 0. The van der Waals surface area contributed by atoms with Crippen LogP contribution in [0.15, 0.2) is 170 Å². The van der Waals surface area contributed by atoms with Crippen LogP contribution in [0.5, 0.6) is 0 Å². The van der Waals surface area contributed by atoms with Gasteiger partial charge in [-0.15, -0.1) is 0 Å². The summed E-state index contributed by atoms with van der Waals surface area (Å²) in [6.07, 6.45) is 6.81. The maximum absolute atomic E-state index is 9.64. The van der Waals surface area contributed by atoms with E-state index >= 15 is 0 Å². The fourth-order valence-corrected chi connectivity index (χ4v) is 11.3. The van der Waals surface area contributed by atoms with Crippen LogP contribution in [0, 0.1) is 39.9 Å². The third-order valence-electron chi connectivity index (χ3n) is 14.4. The molecular weight excluding hydrogens is 755 g/mol. The van der Waals surface area contributed by atoms with Gasteiger partial charge in [0.25, 0.3) is 0 Å². The Morgan fingerprint density at radius 1 is 0.419 bits per heavy atom. The molecule has 3 aliphatic rings. The van der Waals surface area contributed by atoms with Crippen molar-refractivity contribution in [3.05, 3.63) is 187 Å². The number of benzene rings is 7. The maximum atomic E-state index is 9.64. The molecule has 7 aromatic carbocycles. The predicted molar refractivity (Wildman–Crippen MR) is 247 cm³/mol. The number of nitrogens with zero attached hydrogens (tertiary/aromatic N) is 5. The number of nitriles is 2. The average molecular weight is 798 g/mol. The summed E-state index contributed by atoms with van der Waals surface area (Å²) in [6.45, 7) is 2.57. The minimum Gasteiger partial charge on any atom is -0.208 e. The standard InChI is InChI=1S/C57H43N5/c1-56-36-57(32-51(56)24-25-52(56)33-57)50-22-20-41(21-23-50)48-29-47(39-9-3-2-4-10-39)30-49(31-48)55-61-53(45-14-6-12-43(27-45)40-18-16-37(34-58)17-19-40)60-54(62-55)46-15-7-13-44(28-46)42-11-5-8-38(26-42)35-59/h2-23,26-31,51-52H,24-25,32-33,36H2,1H3/t51-,52+,56-,57?. The fourth-order valence-electron chi connectivity index (χ4n) is 11.3. The fraction of sp³-hybridized carbons (Fsp3) is 0.175. The van der Waals surface area contributed by atoms with E-state index < -0.39 is 0 Å². The predicted octanol–water partition coefficient (Wildman–Crippen LogP) is 13.8. The highest BCUT2D eigenvalue weighted by molar-refractivity contribution is 5.81. The van der Waals surface area contributed by atoms with Gasteiger partial charge in [0, 0.05) is 16.7 Å². The molecule has 11 rings (SSSR count). The van der Waals surface area contributed by atoms with Gasteiger partial charge in [-0.2, -0.15) is 10.5 Å². The van der Waals surface area contributed by atoms with Crippen molar-refractivity contribution in [1.82, 2.24) is 15.0 Å². The molecule has 5 heteroatoms. The van der Waals surface area contributed by atoms with Gasteiger partial charge in [0.2, 0.25) is 0 Å². The number of hydrogen-bond acceptors (Lipinski definition) is 5. The van der Waals surface area contributed by atoms with Gasteiger partial charge in [0.15, 0.2) is 17.5 Å². The van der Waals surface area contributed by atoms with Crippen molar-refractivity contribution in [3.63, 3.8) is 0 Å². The van der Waals surface area contributed by atoms with Crippen molar-refractivity contribution in [1.29, 1.82) is 10.5 Å². The first-order chi connectivity index (χ1) is 30.4. The van der Waals surface area contributed by atoms with Crippen LogP contribution in [0.3, 0.4) is 0 Å². The van der Waals surface area contributed by atoms with Gasteiger partial charge in [-0.3, -0.25) is 0 Å². The Morgan fingerprint density at radius 3 is 1.44 bits per heavy atom. The van der Waals surface area contributed by atoms with E-state index in [1.54, 1.807) is 0 Å². The molecule has 1 unspecified atom stereocenters. The molecule has 0 saturated heterocycles. The summed E-state index contributed by atoms with van der Waals surface area (Å²) in [5.41, 5.74) is 14.6. The average Bonchev–Trinajstić information content (AvgIpc) is 3.85. The molecule has 3 saturated carbocycles. The molecule has 0 radical (unpaired) electrons. The Balaban J connectivity index is 1.05. The van der Waals surface area contributed by atoms with Gasteiger partial charge in [0.1, 0.15) is 0 Å². The summed E-state index contributed by atoms with van der Waals surface area (Å²) in [7, 11) is 0. The summed E-state index contributed by atoms with van der Waals surface area (Å²) in [4.78, 5) is 15.7. The molecule has 0 spiro atoms. The second-order valence-corrected chi connectivity index (χ2v) is 17.9. The highest BCUT2D eigenvalue weighted by atomic mass is 15.0. The van der Waals surface area contributed by atoms with E-state index in [1.165, 1.54) is 43.2 Å². The molecule has 5 nitrogen and oxygen atoms in total. The number of fused-ring (bicyclic) bond motifs is 1. The van der Waals surface area contributed by atoms with Gasteiger partial charge in [-0.05, 0) is 159 Å². The van der Waals surface area contributed by atoms with Gasteiger partial charge in [-0.1, -0.05) is 122 Å². The smallest absolute Gasteiger partial charge is 0.164 e. The Labute approximate surface area is 363 Å². The van der Waals surface area contributed by atoms with Crippen LogP contribution in [0.2, 0.25) is 0 Å². The van der Waals surface area contributed by atoms with Crippen molar-refractivity contribution in [2.45, 2.75) is 44.4 Å². The molecule has 3 aliphatic carbocycles. The Hall–Kier alpha value is -7.47. The first-order valence-corrected chi connectivity index (χ1v) is 21.7. The monoisotopic (exact) mass is 797 g/mol. The summed E-state index contributed by atoms with van der Waals surface area (Å²) >= 11 is 0. The minimum atomic E-state index is 0.320. The van der Waals surface area contributed by atoms with Crippen LogP contribution in [-0.4, -0.2) is 15.0 Å². The quantitative estimate of drug-likeness (QED) is 0.153. The van der Waals surface area contributed by atoms with E-state index in [2.05, 4.69) is 110 Å². The summed E-state index contributed by atoms with van der Waals surface area (Å²) in [5.74, 6) is 3.43. The maximum Gasteiger partial charge on any atom is 0.164 e. The van der Waals surface area contributed by atoms with E-state index in [4.69, 9.17) is 15.0 Å². The van der Waals surface area contributed by atoms with E-state index in [9.17, 15) is 10.5 Å². The normalized spacial score (nSPS) is 20.8. The molecule has 0 aliphatic heterocycles. The zero-order valence-corrected chi connectivity index (χ0v) is 34.6. The second-order valence-electron chi connectivity index (χ2n) is 17.9. The largest absolute Gasteiger partial charge is 0.208 e. The minimum absolute atomic E-state index is 0.320. The van der Waals surface area contributed by atoms with Crippen molar-refractivity contribution in [3.8, 4) is 90.8 Å². The van der Waals surface area contributed by atoms with Crippen LogP contribution in [0.4, 0.5) is 0 Å². The SMILES string of the molecule is C[C@@]12CC3(c4ccc(-c5cc(-c6ccccc6)cc(-c6nc(-c7cccc(-c8ccc(C#N)cc8)c7)nc(-c7cccc(-c8cccc(C#N)c8)c7)n6)c5)cc4)C[C@H]1CC[C@H]2C3. The molecule has 296 valence electrons.